The number of carbonyl (C=O) groups excluding carboxylic acids is 1. The van der Waals surface area contributed by atoms with Crippen LogP contribution in [0, 0.1) is 0 Å². The van der Waals surface area contributed by atoms with E-state index in [0.717, 1.165) is 5.56 Å². The van der Waals surface area contributed by atoms with Gasteiger partial charge in [0.1, 0.15) is 0 Å². The van der Waals surface area contributed by atoms with E-state index in [1.54, 1.807) is 0 Å². The number of nitrogens with one attached hydrogen (secondary N) is 1. The summed E-state index contributed by atoms with van der Waals surface area (Å²) >= 11 is 0. The predicted octanol–water partition coefficient (Wildman–Crippen LogP) is 2.92. The monoisotopic (exact) mass is 241 g/mol. The van der Waals surface area contributed by atoms with Crippen molar-refractivity contribution >= 4 is 5.97 Å². The Morgan fingerprint density at radius 2 is 1.61 bits per heavy atom. The molecule has 0 aliphatic rings. The lowest BCUT2D eigenvalue weighted by atomic mass is 10.0. The molecular formula is C15H15NO2. The molecular weight excluding hydrogens is 226 g/mol. The van der Waals surface area contributed by atoms with E-state index in [1.807, 2.05) is 30.3 Å². The van der Waals surface area contributed by atoms with Gasteiger partial charge in [-0.15, -0.1) is 5.48 Å². The third-order valence-corrected chi connectivity index (χ3v) is 2.55. The van der Waals surface area contributed by atoms with Gasteiger partial charge in [0.25, 0.3) is 0 Å². The topological polar surface area (TPSA) is 38.3 Å². The summed E-state index contributed by atoms with van der Waals surface area (Å²) in [7, 11) is 0. The van der Waals surface area contributed by atoms with E-state index >= 15 is 0 Å². The number of hydroxylamine groups is 1. The molecule has 0 aliphatic carbocycles. The Balaban J connectivity index is 2.00. The Morgan fingerprint density at radius 3 is 2.22 bits per heavy atom. The quantitative estimate of drug-likeness (QED) is 0.836. The molecule has 0 heterocycles. The molecule has 0 aliphatic heterocycles. The highest BCUT2D eigenvalue weighted by molar-refractivity contribution is 5.65. The van der Waals surface area contributed by atoms with Crippen LogP contribution < -0.4 is 5.48 Å². The molecule has 92 valence electrons. The van der Waals surface area contributed by atoms with Crippen LogP contribution in [0.1, 0.15) is 12.5 Å². The molecule has 0 atom stereocenters. The SMILES string of the molecule is CC(=O)ONCc1ccc(-c2ccccc2)cc1. The molecule has 1 N–H and O–H groups in total. The Hall–Kier alpha value is -2.13. The van der Waals surface area contributed by atoms with Gasteiger partial charge < -0.3 is 4.84 Å². The number of rotatable bonds is 4. The molecule has 3 heteroatoms. The second kappa shape index (κ2) is 5.98. The summed E-state index contributed by atoms with van der Waals surface area (Å²) in [6.45, 7) is 1.88. The molecule has 0 amide bonds. The van der Waals surface area contributed by atoms with Crippen LogP contribution in [0.25, 0.3) is 11.1 Å². The largest absolute Gasteiger partial charge is 0.371 e. The van der Waals surface area contributed by atoms with E-state index in [1.165, 1.54) is 18.1 Å². The van der Waals surface area contributed by atoms with E-state index in [2.05, 4.69) is 34.6 Å². The maximum absolute atomic E-state index is 10.6. The number of carbonyl (C=O) groups is 1. The van der Waals surface area contributed by atoms with Crippen LogP contribution >= 0.6 is 0 Å². The standard InChI is InChI=1S/C15H15NO2/c1-12(17)18-16-11-13-7-9-15(10-8-13)14-5-3-2-4-6-14/h2-10,16H,11H2,1H3. The zero-order valence-electron chi connectivity index (χ0n) is 10.2. The molecule has 3 nitrogen and oxygen atoms in total. The molecule has 0 spiro atoms. The highest BCUT2D eigenvalue weighted by Crippen LogP contribution is 2.19. The molecule has 18 heavy (non-hydrogen) atoms. The van der Waals surface area contributed by atoms with E-state index in [-0.39, 0.29) is 5.97 Å². The fourth-order valence-corrected chi connectivity index (χ4v) is 1.67. The Bertz CT molecular complexity index is 506. The average molecular weight is 241 g/mol. The third-order valence-electron chi connectivity index (χ3n) is 2.55. The molecule has 2 aromatic carbocycles. The first-order valence-corrected chi connectivity index (χ1v) is 5.80. The normalized spacial score (nSPS) is 10.1. The average Bonchev–Trinajstić information content (AvgIpc) is 2.40. The van der Waals surface area contributed by atoms with Crippen LogP contribution in [0.3, 0.4) is 0 Å². The van der Waals surface area contributed by atoms with Crippen LogP contribution in [-0.2, 0) is 16.2 Å². The van der Waals surface area contributed by atoms with Crippen molar-refractivity contribution in [3.8, 4) is 11.1 Å². The second-order valence-electron chi connectivity index (χ2n) is 3.98. The molecule has 0 fully saturated rings. The second-order valence-corrected chi connectivity index (χ2v) is 3.98. The van der Waals surface area contributed by atoms with Crippen molar-refractivity contribution in [3.05, 3.63) is 60.2 Å². The molecule has 2 aromatic rings. The Morgan fingerprint density at radius 1 is 1.00 bits per heavy atom. The third kappa shape index (κ3) is 3.43. The molecule has 0 saturated carbocycles. The number of hydrogen-bond donors (Lipinski definition) is 1. The van der Waals surface area contributed by atoms with Crippen LogP contribution in [0.5, 0.6) is 0 Å². The molecule has 0 unspecified atom stereocenters. The summed E-state index contributed by atoms with van der Waals surface area (Å²) < 4.78 is 0. The molecule has 0 aromatic heterocycles. The van der Waals surface area contributed by atoms with Gasteiger partial charge in [-0.1, -0.05) is 54.6 Å². The maximum atomic E-state index is 10.6. The minimum atomic E-state index is -0.337. The lowest BCUT2D eigenvalue weighted by Crippen LogP contribution is -2.17. The Labute approximate surface area is 106 Å². The lowest BCUT2D eigenvalue weighted by molar-refractivity contribution is -0.148. The number of benzene rings is 2. The van der Waals surface area contributed by atoms with Crippen LogP contribution in [0.15, 0.2) is 54.6 Å². The van der Waals surface area contributed by atoms with Crippen molar-refractivity contribution in [2.75, 3.05) is 0 Å². The van der Waals surface area contributed by atoms with Gasteiger partial charge >= 0.3 is 5.97 Å². The van der Waals surface area contributed by atoms with Crippen molar-refractivity contribution in [1.29, 1.82) is 0 Å². The van der Waals surface area contributed by atoms with Crippen LogP contribution in [-0.4, -0.2) is 5.97 Å². The van der Waals surface area contributed by atoms with Crippen LogP contribution in [0.4, 0.5) is 0 Å². The Kier molecular flexibility index (Phi) is 4.10. The first-order valence-electron chi connectivity index (χ1n) is 5.80. The van der Waals surface area contributed by atoms with Crippen molar-refractivity contribution in [1.82, 2.24) is 5.48 Å². The molecule has 0 saturated heterocycles. The van der Waals surface area contributed by atoms with E-state index in [9.17, 15) is 4.79 Å². The van der Waals surface area contributed by atoms with Gasteiger partial charge in [-0.2, -0.15) is 0 Å². The zero-order valence-corrected chi connectivity index (χ0v) is 10.2. The number of hydrogen-bond acceptors (Lipinski definition) is 3. The van der Waals surface area contributed by atoms with Gasteiger partial charge in [0.2, 0.25) is 0 Å². The first-order chi connectivity index (χ1) is 8.75. The van der Waals surface area contributed by atoms with Crippen molar-refractivity contribution in [2.45, 2.75) is 13.5 Å². The predicted molar refractivity (Wildman–Crippen MR) is 70.5 cm³/mol. The van der Waals surface area contributed by atoms with Gasteiger partial charge in [-0.3, -0.25) is 4.79 Å². The highest BCUT2D eigenvalue weighted by Gasteiger charge is 1.98. The zero-order chi connectivity index (χ0) is 12.8. The van der Waals surface area contributed by atoms with Crippen molar-refractivity contribution < 1.29 is 9.63 Å². The summed E-state index contributed by atoms with van der Waals surface area (Å²) in [5.41, 5.74) is 6.04. The van der Waals surface area contributed by atoms with Gasteiger partial charge in [0.15, 0.2) is 0 Å². The van der Waals surface area contributed by atoms with Crippen molar-refractivity contribution in [3.63, 3.8) is 0 Å². The van der Waals surface area contributed by atoms with Gasteiger partial charge in [-0.05, 0) is 16.7 Å². The summed E-state index contributed by atoms with van der Waals surface area (Å²) in [5, 5.41) is 0. The maximum Gasteiger partial charge on any atom is 0.321 e. The molecule has 2 rings (SSSR count). The lowest BCUT2D eigenvalue weighted by Gasteiger charge is -2.05. The molecule has 0 radical (unpaired) electrons. The van der Waals surface area contributed by atoms with Gasteiger partial charge in [0, 0.05) is 6.92 Å². The summed E-state index contributed by atoms with van der Waals surface area (Å²) in [5.74, 6) is -0.337. The summed E-state index contributed by atoms with van der Waals surface area (Å²) in [4.78, 5) is 15.3. The first kappa shape index (κ1) is 12.3. The summed E-state index contributed by atoms with van der Waals surface area (Å²) in [6.07, 6.45) is 0. The minimum Gasteiger partial charge on any atom is -0.371 e. The van der Waals surface area contributed by atoms with Gasteiger partial charge in [-0.25, -0.2) is 0 Å². The van der Waals surface area contributed by atoms with Crippen molar-refractivity contribution in [2.24, 2.45) is 0 Å². The van der Waals surface area contributed by atoms with E-state index in [4.69, 9.17) is 0 Å². The van der Waals surface area contributed by atoms with Gasteiger partial charge in [0.05, 0.1) is 6.54 Å². The van der Waals surface area contributed by atoms with E-state index in [0.29, 0.717) is 6.54 Å². The van der Waals surface area contributed by atoms with E-state index < -0.39 is 0 Å². The van der Waals surface area contributed by atoms with Crippen LogP contribution in [0.2, 0.25) is 0 Å². The summed E-state index contributed by atoms with van der Waals surface area (Å²) in [6, 6.07) is 18.3. The minimum absolute atomic E-state index is 0.337. The fourth-order valence-electron chi connectivity index (χ4n) is 1.67. The fraction of sp³-hybridized carbons (Fsp3) is 0.133. The smallest absolute Gasteiger partial charge is 0.321 e. The highest BCUT2D eigenvalue weighted by atomic mass is 16.7. The molecule has 0 bridgehead atoms.